The minimum Gasteiger partial charge on any atom is -0.496 e. The highest BCUT2D eigenvalue weighted by Crippen LogP contribution is 2.44. The molecule has 3 aromatic heterocycles. The normalized spacial score (nSPS) is 20.6. The van der Waals surface area contributed by atoms with Crippen LogP contribution in [0.5, 0.6) is 5.75 Å². The number of benzene rings is 1. The molecule has 7 heteroatoms. The third kappa shape index (κ3) is 2.58. The van der Waals surface area contributed by atoms with E-state index in [2.05, 4.69) is 32.8 Å². The number of para-hydroxylation sites is 1. The van der Waals surface area contributed by atoms with Crippen LogP contribution in [0.1, 0.15) is 35.8 Å². The molecule has 7 nitrogen and oxygen atoms in total. The molecule has 6 rings (SSSR count). The van der Waals surface area contributed by atoms with Crippen molar-refractivity contribution in [2.24, 2.45) is 7.05 Å². The zero-order valence-corrected chi connectivity index (χ0v) is 17.2. The van der Waals surface area contributed by atoms with Crippen LogP contribution in [0.3, 0.4) is 0 Å². The molecule has 1 aromatic carbocycles. The topological polar surface area (TPSA) is 60.5 Å². The van der Waals surface area contributed by atoms with Gasteiger partial charge in [-0.3, -0.25) is 9.58 Å². The first-order valence-electron chi connectivity index (χ1n) is 10.5. The summed E-state index contributed by atoms with van der Waals surface area (Å²) in [5.74, 6) is 0.831. The van der Waals surface area contributed by atoms with Crippen LogP contribution in [0, 0.1) is 0 Å². The van der Waals surface area contributed by atoms with Crippen molar-refractivity contribution in [3.8, 4) is 17.0 Å². The highest BCUT2D eigenvalue weighted by Gasteiger charge is 2.41. The second-order valence-electron chi connectivity index (χ2n) is 8.23. The fourth-order valence-corrected chi connectivity index (χ4v) is 5.16. The Hall–Kier alpha value is -3.19. The second-order valence-corrected chi connectivity index (χ2v) is 8.23. The Bertz CT molecular complexity index is 1240. The van der Waals surface area contributed by atoms with E-state index >= 15 is 0 Å². The maximum absolute atomic E-state index is 5.54. The zero-order valence-electron chi connectivity index (χ0n) is 17.2. The first-order chi connectivity index (χ1) is 14.7. The Morgan fingerprint density at radius 3 is 2.90 bits per heavy atom. The van der Waals surface area contributed by atoms with Crippen LogP contribution in [-0.4, -0.2) is 42.4 Å². The van der Waals surface area contributed by atoms with Crippen LogP contribution in [0.2, 0.25) is 0 Å². The van der Waals surface area contributed by atoms with Crippen molar-refractivity contribution in [2.75, 3.05) is 7.11 Å². The highest BCUT2D eigenvalue weighted by atomic mass is 16.5. The fourth-order valence-electron chi connectivity index (χ4n) is 5.16. The fraction of sp³-hybridized carbons (Fsp3) is 0.348. The van der Waals surface area contributed by atoms with Crippen molar-refractivity contribution in [2.45, 2.75) is 37.9 Å². The molecule has 2 atom stereocenters. The largest absolute Gasteiger partial charge is 0.496 e. The van der Waals surface area contributed by atoms with Gasteiger partial charge < -0.3 is 4.74 Å². The number of nitrogens with zero attached hydrogens (tertiary/aromatic N) is 6. The van der Waals surface area contributed by atoms with Crippen LogP contribution < -0.4 is 4.74 Å². The van der Waals surface area contributed by atoms with Gasteiger partial charge in [-0.25, -0.2) is 9.50 Å². The molecular weight excluding hydrogens is 376 g/mol. The summed E-state index contributed by atoms with van der Waals surface area (Å²) in [5, 5.41) is 9.29. The molecule has 30 heavy (non-hydrogen) atoms. The lowest BCUT2D eigenvalue weighted by Crippen LogP contribution is -2.38. The van der Waals surface area contributed by atoms with Gasteiger partial charge in [0.25, 0.3) is 0 Å². The van der Waals surface area contributed by atoms with Crippen molar-refractivity contribution in [3.63, 3.8) is 0 Å². The summed E-state index contributed by atoms with van der Waals surface area (Å²) in [7, 11) is 3.71. The third-order valence-corrected chi connectivity index (χ3v) is 6.70. The van der Waals surface area contributed by atoms with Gasteiger partial charge >= 0.3 is 0 Å². The molecule has 152 valence electrons. The Morgan fingerprint density at radius 1 is 1.17 bits per heavy atom. The molecular formula is C23H24N6O. The number of aryl methyl sites for hydroxylation is 1. The summed E-state index contributed by atoms with van der Waals surface area (Å²) < 4.78 is 9.58. The molecule has 0 radical (unpaired) electrons. The number of hydrogen-bond acceptors (Lipinski definition) is 5. The quantitative estimate of drug-likeness (QED) is 0.525. The molecule has 0 saturated carbocycles. The Labute approximate surface area is 174 Å². The first-order valence-corrected chi connectivity index (χ1v) is 10.5. The second kappa shape index (κ2) is 6.67. The molecule has 0 amide bonds. The number of ether oxygens (including phenoxy) is 1. The van der Waals surface area contributed by atoms with Crippen molar-refractivity contribution < 1.29 is 4.74 Å². The lowest BCUT2D eigenvalue weighted by Gasteiger charge is -2.36. The molecule has 1 fully saturated rings. The predicted octanol–water partition coefficient (Wildman–Crippen LogP) is 3.40. The average molecular weight is 400 g/mol. The number of rotatable bonds is 4. The number of aromatic nitrogens is 5. The molecule has 1 saturated heterocycles. The Balaban J connectivity index is 1.41. The van der Waals surface area contributed by atoms with Gasteiger partial charge in [-0.05, 0) is 31.0 Å². The van der Waals surface area contributed by atoms with Gasteiger partial charge in [-0.1, -0.05) is 12.1 Å². The van der Waals surface area contributed by atoms with Crippen LogP contribution in [-0.2, 0) is 20.0 Å². The summed E-state index contributed by atoms with van der Waals surface area (Å²) in [5.41, 5.74) is 6.66. The van der Waals surface area contributed by atoms with E-state index in [0.717, 1.165) is 35.6 Å². The third-order valence-electron chi connectivity index (χ3n) is 6.70. The number of fused-ring (bicyclic) bond motifs is 6. The van der Waals surface area contributed by atoms with E-state index in [1.165, 1.54) is 29.8 Å². The monoisotopic (exact) mass is 400 g/mol. The van der Waals surface area contributed by atoms with E-state index in [9.17, 15) is 0 Å². The van der Waals surface area contributed by atoms with E-state index in [1.807, 2.05) is 42.2 Å². The zero-order chi connectivity index (χ0) is 20.2. The van der Waals surface area contributed by atoms with Crippen molar-refractivity contribution in [3.05, 3.63) is 65.7 Å². The summed E-state index contributed by atoms with van der Waals surface area (Å²) in [6.45, 7) is 0.925. The maximum Gasteiger partial charge on any atom is 0.155 e. The van der Waals surface area contributed by atoms with Gasteiger partial charge in [0, 0.05) is 61.7 Å². The molecule has 2 aliphatic heterocycles. The number of methoxy groups -OCH3 is 1. The molecule has 0 unspecified atom stereocenters. The SMILES string of the molecule is COc1ccccc1-c1cc2ncc3c(n2n1)C[C@H]1CC[C@H]3N1Cc1ccnn1C. The van der Waals surface area contributed by atoms with Gasteiger partial charge in [0.05, 0.1) is 24.2 Å². The lowest BCUT2D eigenvalue weighted by atomic mass is 9.99. The van der Waals surface area contributed by atoms with Crippen molar-refractivity contribution in [1.82, 2.24) is 29.3 Å². The van der Waals surface area contributed by atoms with Gasteiger partial charge in [0.2, 0.25) is 0 Å². The van der Waals surface area contributed by atoms with Crippen molar-refractivity contribution >= 4 is 5.65 Å². The maximum atomic E-state index is 5.54. The van der Waals surface area contributed by atoms with Gasteiger partial charge in [0.1, 0.15) is 5.75 Å². The highest BCUT2D eigenvalue weighted by molar-refractivity contribution is 5.70. The summed E-state index contributed by atoms with van der Waals surface area (Å²) in [6.07, 6.45) is 7.32. The molecule has 0 N–H and O–H groups in total. The Morgan fingerprint density at radius 2 is 2.07 bits per heavy atom. The van der Waals surface area contributed by atoms with E-state index in [1.54, 1.807) is 7.11 Å². The van der Waals surface area contributed by atoms with Crippen molar-refractivity contribution in [1.29, 1.82) is 0 Å². The van der Waals surface area contributed by atoms with Crippen LogP contribution >= 0.6 is 0 Å². The molecule has 0 aliphatic carbocycles. The van der Waals surface area contributed by atoms with E-state index in [-0.39, 0.29) is 0 Å². The van der Waals surface area contributed by atoms with Crippen LogP contribution in [0.25, 0.3) is 16.9 Å². The first kappa shape index (κ1) is 17.7. The van der Waals surface area contributed by atoms with Gasteiger partial charge in [-0.2, -0.15) is 10.2 Å². The van der Waals surface area contributed by atoms with Crippen LogP contribution in [0.4, 0.5) is 0 Å². The van der Waals surface area contributed by atoms with Gasteiger partial charge in [0.15, 0.2) is 5.65 Å². The molecule has 2 aliphatic rings. The summed E-state index contributed by atoms with van der Waals surface area (Å²) in [4.78, 5) is 7.40. The molecule has 4 aromatic rings. The smallest absolute Gasteiger partial charge is 0.155 e. The lowest BCUT2D eigenvalue weighted by molar-refractivity contribution is 0.161. The summed E-state index contributed by atoms with van der Waals surface area (Å²) in [6, 6.07) is 13.1. The van der Waals surface area contributed by atoms with E-state index in [0.29, 0.717) is 12.1 Å². The Kier molecular flexibility index (Phi) is 3.92. The standard InChI is InChI=1S/C23H24N6O/c1-27-16(9-10-25-27)14-28-15-7-8-20(28)18-13-24-23-12-19(26-29(23)21(18)11-15)17-5-3-4-6-22(17)30-2/h3-6,9-10,12-13,15,20H,7-8,11,14H2,1-2H3/t15-,20-/m1/s1. The minimum atomic E-state index is 0.393. The van der Waals surface area contributed by atoms with Gasteiger partial charge in [-0.15, -0.1) is 0 Å². The molecule has 0 spiro atoms. The van der Waals surface area contributed by atoms with Crippen LogP contribution in [0.15, 0.2) is 48.8 Å². The summed E-state index contributed by atoms with van der Waals surface area (Å²) >= 11 is 0. The minimum absolute atomic E-state index is 0.393. The molecule has 5 heterocycles. The van der Waals surface area contributed by atoms with E-state index in [4.69, 9.17) is 14.8 Å². The molecule has 2 bridgehead atoms. The van der Waals surface area contributed by atoms with E-state index < -0.39 is 0 Å². The predicted molar refractivity (Wildman–Crippen MR) is 113 cm³/mol. The number of hydrogen-bond donors (Lipinski definition) is 0. The average Bonchev–Trinajstić information content (AvgIpc) is 3.45.